The van der Waals surface area contributed by atoms with Crippen LogP contribution in [0.25, 0.3) is 0 Å². The number of amides is 1. The van der Waals surface area contributed by atoms with Crippen LogP contribution in [0.5, 0.6) is 0 Å². The van der Waals surface area contributed by atoms with Crippen LogP contribution >= 0.6 is 0 Å². The van der Waals surface area contributed by atoms with Gasteiger partial charge in [0.15, 0.2) is 0 Å². The molecule has 3 N–H and O–H groups in total. The molecule has 78 heavy (non-hydrogen) atoms. The fraction of sp³-hybridized carbons (Fsp3) is 0.917. The quantitative estimate of drug-likeness (QED) is 0.0320. The van der Waals surface area contributed by atoms with E-state index in [0.29, 0.717) is 25.9 Å². The van der Waals surface area contributed by atoms with Crippen molar-refractivity contribution in [1.82, 2.24) is 5.32 Å². The van der Waals surface area contributed by atoms with Gasteiger partial charge in [0.2, 0.25) is 5.91 Å². The largest absolute Gasteiger partial charge is 0.466 e. The highest BCUT2D eigenvalue weighted by molar-refractivity contribution is 5.76. The highest BCUT2D eigenvalue weighted by Gasteiger charge is 2.20. The zero-order chi connectivity index (χ0) is 56.4. The monoisotopic (exact) mass is 1100 g/mol. The second-order valence-corrected chi connectivity index (χ2v) is 24.6. The van der Waals surface area contributed by atoms with E-state index < -0.39 is 12.1 Å². The molecule has 0 aliphatic carbocycles. The maximum Gasteiger partial charge on any atom is 0.305 e. The van der Waals surface area contributed by atoms with E-state index in [1.54, 1.807) is 0 Å². The first-order valence-corrected chi connectivity index (χ1v) is 35.6. The zero-order valence-corrected chi connectivity index (χ0v) is 52.9. The number of hydrogen-bond acceptors (Lipinski definition) is 5. The number of ether oxygens (including phenoxy) is 1. The standard InChI is InChI=1S/C72H139NO5/c1-3-5-7-9-11-13-15-17-42-46-50-54-58-62-66-72(77)78-67-63-59-55-51-47-43-40-38-36-34-32-30-28-26-24-22-20-18-19-21-23-25-27-29-31-33-35-37-39-41-45-49-53-57-61-65-71(76)73-69(68-74)70(75)64-60-56-52-48-44-16-14-12-10-8-6-4-2/h9,11,15,17,69-70,74-75H,3-8,10,12-14,16,18-68H2,1-2H3,(H,73,76)/b11-9-,17-15-. The Labute approximate surface area is 488 Å². The Morgan fingerprint density at radius 3 is 1.01 bits per heavy atom. The summed E-state index contributed by atoms with van der Waals surface area (Å²) in [5.74, 6) is -0.0197. The summed E-state index contributed by atoms with van der Waals surface area (Å²) in [5, 5.41) is 23.3. The SMILES string of the molecule is CCCC/C=C\C/C=C\CCCCCCCC(=O)OCCCCCCCCCCCCCCCCCCCCCCCCCCCCCCCCCCCCCC(=O)NC(CO)C(O)CCCCCCCCCCCCCC. The molecular weight excluding hydrogens is 959 g/mol. The minimum absolute atomic E-state index is 0.00833. The summed E-state index contributed by atoms with van der Waals surface area (Å²) in [6, 6.07) is -0.536. The van der Waals surface area contributed by atoms with Gasteiger partial charge in [-0.1, -0.05) is 359 Å². The second kappa shape index (κ2) is 67.8. The predicted octanol–water partition coefficient (Wildman–Crippen LogP) is 22.9. The van der Waals surface area contributed by atoms with E-state index in [2.05, 4.69) is 43.5 Å². The average Bonchev–Trinajstić information content (AvgIpc) is 3.44. The lowest BCUT2D eigenvalue weighted by atomic mass is 10.0. The summed E-state index contributed by atoms with van der Waals surface area (Å²) in [4.78, 5) is 24.5. The van der Waals surface area contributed by atoms with Crippen LogP contribution in [0.3, 0.4) is 0 Å². The lowest BCUT2D eigenvalue weighted by Gasteiger charge is -2.22. The minimum atomic E-state index is -0.659. The molecular formula is C72H139NO5. The smallest absolute Gasteiger partial charge is 0.305 e. The first-order valence-electron chi connectivity index (χ1n) is 35.6. The molecule has 0 saturated carbocycles. The third-order valence-electron chi connectivity index (χ3n) is 16.8. The summed E-state index contributed by atoms with van der Waals surface area (Å²) >= 11 is 0. The minimum Gasteiger partial charge on any atom is -0.466 e. The molecule has 0 bridgehead atoms. The van der Waals surface area contributed by atoms with Crippen molar-refractivity contribution in [2.45, 2.75) is 411 Å². The predicted molar refractivity (Wildman–Crippen MR) is 343 cm³/mol. The van der Waals surface area contributed by atoms with E-state index in [9.17, 15) is 19.8 Å². The second-order valence-electron chi connectivity index (χ2n) is 24.6. The van der Waals surface area contributed by atoms with Gasteiger partial charge >= 0.3 is 5.97 Å². The highest BCUT2D eigenvalue weighted by atomic mass is 16.5. The molecule has 0 fully saturated rings. The van der Waals surface area contributed by atoms with Crippen LogP contribution in [0.1, 0.15) is 399 Å². The molecule has 0 radical (unpaired) electrons. The molecule has 0 aliphatic rings. The lowest BCUT2D eigenvalue weighted by molar-refractivity contribution is -0.143. The van der Waals surface area contributed by atoms with Crippen molar-refractivity contribution < 1.29 is 24.5 Å². The fourth-order valence-electron chi connectivity index (χ4n) is 11.3. The Balaban J connectivity index is 3.29. The summed E-state index contributed by atoms with van der Waals surface area (Å²) in [7, 11) is 0. The third-order valence-corrected chi connectivity index (χ3v) is 16.8. The summed E-state index contributed by atoms with van der Waals surface area (Å²) in [5.41, 5.74) is 0. The van der Waals surface area contributed by atoms with E-state index in [0.717, 1.165) is 51.4 Å². The van der Waals surface area contributed by atoms with Crippen LogP contribution in [-0.4, -0.2) is 47.4 Å². The van der Waals surface area contributed by atoms with Crippen molar-refractivity contribution >= 4 is 11.9 Å². The van der Waals surface area contributed by atoms with Crippen LogP contribution in [-0.2, 0) is 14.3 Å². The fourth-order valence-corrected chi connectivity index (χ4v) is 11.3. The van der Waals surface area contributed by atoms with E-state index in [-0.39, 0.29) is 18.5 Å². The molecule has 0 aromatic rings. The van der Waals surface area contributed by atoms with Gasteiger partial charge in [-0.2, -0.15) is 0 Å². The maximum absolute atomic E-state index is 12.5. The number of carbonyl (C=O) groups excluding carboxylic acids is 2. The van der Waals surface area contributed by atoms with Crippen molar-refractivity contribution in [3.05, 3.63) is 24.3 Å². The van der Waals surface area contributed by atoms with Gasteiger partial charge in [-0.3, -0.25) is 9.59 Å². The van der Waals surface area contributed by atoms with Crippen molar-refractivity contribution in [3.8, 4) is 0 Å². The molecule has 1 amide bonds. The number of allylic oxidation sites excluding steroid dienone is 4. The molecule has 0 heterocycles. The molecule has 2 unspecified atom stereocenters. The van der Waals surface area contributed by atoms with E-state index in [4.69, 9.17) is 4.74 Å². The van der Waals surface area contributed by atoms with Crippen molar-refractivity contribution in [3.63, 3.8) is 0 Å². The number of rotatable bonds is 67. The average molecular weight is 1100 g/mol. The molecule has 6 nitrogen and oxygen atoms in total. The normalized spacial score (nSPS) is 12.6. The maximum atomic E-state index is 12.5. The van der Waals surface area contributed by atoms with E-state index in [1.807, 2.05) is 0 Å². The van der Waals surface area contributed by atoms with Crippen molar-refractivity contribution in [2.75, 3.05) is 13.2 Å². The van der Waals surface area contributed by atoms with Gasteiger partial charge in [0, 0.05) is 12.8 Å². The zero-order valence-electron chi connectivity index (χ0n) is 52.9. The van der Waals surface area contributed by atoms with Gasteiger partial charge in [-0.25, -0.2) is 0 Å². The third kappa shape index (κ3) is 63.5. The Morgan fingerprint density at radius 2 is 0.654 bits per heavy atom. The number of esters is 1. The summed E-state index contributed by atoms with van der Waals surface area (Å²) in [6.45, 7) is 4.93. The summed E-state index contributed by atoms with van der Waals surface area (Å²) in [6.07, 6.45) is 85.3. The van der Waals surface area contributed by atoms with E-state index >= 15 is 0 Å². The first-order chi connectivity index (χ1) is 38.5. The van der Waals surface area contributed by atoms with E-state index in [1.165, 1.54) is 315 Å². The Hall–Kier alpha value is -1.66. The van der Waals surface area contributed by atoms with Crippen molar-refractivity contribution in [2.24, 2.45) is 0 Å². The molecule has 2 atom stereocenters. The molecule has 0 spiro atoms. The first kappa shape index (κ1) is 76.3. The topological polar surface area (TPSA) is 95.9 Å². The molecule has 6 heteroatoms. The van der Waals surface area contributed by atoms with Gasteiger partial charge in [0.1, 0.15) is 0 Å². The number of hydrogen-bond donors (Lipinski definition) is 3. The van der Waals surface area contributed by atoms with Crippen LogP contribution in [0.15, 0.2) is 24.3 Å². The number of aliphatic hydroxyl groups is 2. The van der Waals surface area contributed by atoms with Gasteiger partial charge < -0.3 is 20.3 Å². The van der Waals surface area contributed by atoms with Crippen LogP contribution in [0.4, 0.5) is 0 Å². The van der Waals surface area contributed by atoms with Crippen LogP contribution < -0.4 is 5.32 Å². The Bertz CT molecular complexity index is 1220. The van der Waals surface area contributed by atoms with Crippen LogP contribution in [0, 0.1) is 0 Å². The highest BCUT2D eigenvalue weighted by Crippen LogP contribution is 2.19. The molecule has 462 valence electrons. The Kier molecular flexibility index (Phi) is 66.4. The number of unbranched alkanes of at least 4 members (excludes halogenated alkanes) is 52. The van der Waals surface area contributed by atoms with Crippen molar-refractivity contribution in [1.29, 1.82) is 0 Å². The molecule has 0 saturated heterocycles. The number of aliphatic hydroxyl groups excluding tert-OH is 2. The van der Waals surface area contributed by atoms with Gasteiger partial charge in [0.05, 0.1) is 25.4 Å². The lowest BCUT2D eigenvalue weighted by Crippen LogP contribution is -2.45. The molecule has 0 aliphatic heterocycles. The summed E-state index contributed by atoms with van der Waals surface area (Å²) < 4.78 is 5.49. The number of nitrogens with one attached hydrogen (secondary N) is 1. The Morgan fingerprint density at radius 1 is 0.359 bits per heavy atom. The molecule has 0 rings (SSSR count). The van der Waals surface area contributed by atoms with Crippen LogP contribution in [0.2, 0.25) is 0 Å². The van der Waals surface area contributed by atoms with Gasteiger partial charge in [-0.15, -0.1) is 0 Å². The van der Waals surface area contributed by atoms with Gasteiger partial charge in [-0.05, 0) is 51.4 Å². The number of carbonyl (C=O) groups is 2. The van der Waals surface area contributed by atoms with Gasteiger partial charge in [0.25, 0.3) is 0 Å². The molecule has 0 aromatic carbocycles. The molecule has 0 aromatic heterocycles.